The van der Waals surface area contributed by atoms with Crippen molar-refractivity contribution in [3.05, 3.63) is 42.5 Å². The summed E-state index contributed by atoms with van der Waals surface area (Å²) in [5.74, 6) is 1.02. The number of aromatic nitrogens is 5. The van der Waals surface area contributed by atoms with E-state index in [2.05, 4.69) is 29.8 Å². The van der Waals surface area contributed by atoms with Crippen LogP contribution in [-0.2, 0) is 21.3 Å². The first-order chi connectivity index (χ1) is 15.9. The Morgan fingerprint density at radius 2 is 1.91 bits per heavy atom. The highest BCUT2D eigenvalue weighted by Gasteiger charge is 2.17. The average Bonchev–Trinajstić information content (AvgIpc) is 3.21. The minimum atomic E-state index is -3.50. The van der Waals surface area contributed by atoms with Gasteiger partial charge in [-0.1, -0.05) is 6.07 Å². The van der Waals surface area contributed by atoms with E-state index < -0.39 is 10.0 Å². The molecule has 1 N–H and O–H groups in total. The van der Waals surface area contributed by atoms with E-state index in [1.807, 2.05) is 22.6 Å². The lowest BCUT2D eigenvalue weighted by Crippen LogP contribution is -2.36. The van der Waals surface area contributed by atoms with E-state index in [4.69, 9.17) is 9.47 Å². The summed E-state index contributed by atoms with van der Waals surface area (Å²) in [6, 6.07) is 7.51. The van der Waals surface area contributed by atoms with Gasteiger partial charge in [0.25, 0.3) is 0 Å². The number of anilines is 1. The zero-order chi connectivity index (χ0) is 23.0. The number of hydrogen-bond donors (Lipinski definition) is 1. The third-order valence-electron chi connectivity index (χ3n) is 5.43. The number of hydrogen-bond acceptors (Lipinski definition) is 9. The Morgan fingerprint density at radius 3 is 2.67 bits per heavy atom. The molecule has 0 spiro atoms. The molecule has 4 heterocycles. The second kappa shape index (κ2) is 8.54. The molecule has 0 unspecified atom stereocenters. The minimum absolute atomic E-state index is 0.195. The van der Waals surface area contributed by atoms with Crippen LogP contribution in [0.15, 0.2) is 36.7 Å². The molecule has 172 valence electrons. The van der Waals surface area contributed by atoms with Gasteiger partial charge in [0.15, 0.2) is 11.5 Å². The first-order valence-corrected chi connectivity index (χ1v) is 12.3. The van der Waals surface area contributed by atoms with Crippen molar-refractivity contribution in [3.8, 4) is 17.0 Å². The van der Waals surface area contributed by atoms with Crippen LogP contribution in [0.3, 0.4) is 0 Å². The molecular weight excluding hydrogens is 446 g/mol. The van der Waals surface area contributed by atoms with Crippen LogP contribution in [0.5, 0.6) is 5.88 Å². The van der Waals surface area contributed by atoms with Crippen LogP contribution in [-0.4, -0.2) is 77.6 Å². The minimum Gasteiger partial charge on any atom is -0.480 e. The molecule has 1 aliphatic rings. The van der Waals surface area contributed by atoms with Gasteiger partial charge in [0.05, 0.1) is 50.4 Å². The van der Waals surface area contributed by atoms with Gasteiger partial charge in [-0.15, -0.1) is 10.2 Å². The smallest absolute Gasteiger partial charge is 0.238 e. The van der Waals surface area contributed by atoms with Crippen molar-refractivity contribution in [1.29, 1.82) is 0 Å². The van der Waals surface area contributed by atoms with Gasteiger partial charge in [0.1, 0.15) is 5.69 Å². The predicted molar refractivity (Wildman–Crippen MR) is 123 cm³/mol. The number of methoxy groups -OCH3 is 1. The summed E-state index contributed by atoms with van der Waals surface area (Å²) >= 11 is 0. The summed E-state index contributed by atoms with van der Waals surface area (Å²) in [5, 5.41) is 8.70. The molecule has 4 aromatic rings. The number of rotatable bonds is 6. The molecule has 3 aromatic heterocycles. The lowest BCUT2D eigenvalue weighted by atomic mass is 10.1. The van der Waals surface area contributed by atoms with E-state index in [0.29, 0.717) is 25.4 Å². The first kappa shape index (κ1) is 21.5. The van der Waals surface area contributed by atoms with Gasteiger partial charge in [-0.3, -0.25) is 19.0 Å². The monoisotopic (exact) mass is 469 g/mol. The number of fused-ring (bicyclic) bond motifs is 3. The number of nitrogens with one attached hydrogen (secondary N) is 1. The molecule has 1 fully saturated rings. The summed E-state index contributed by atoms with van der Waals surface area (Å²) in [6.07, 6.45) is 4.43. The molecule has 0 atom stereocenters. The molecule has 11 nitrogen and oxygen atoms in total. The second-order valence-electron chi connectivity index (χ2n) is 7.82. The number of benzene rings is 1. The molecule has 0 aliphatic carbocycles. The third-order valence-corrected chi connectivity index (χ3v) is 6.02. The molecule has 0 saturated carbocycles. The number of sulfonamides is 1. The number of pyridine rings is 1. The van der Waals surface area contributed by atoms with Crippen LogP contribution >= 0.6 is 0 Å². The quantitative estimate of drug-likeness (QED) is 0.448. The fourth-order valence-electron chi connectivity index (χ4n) is 3.90. The summed E-state index contributed by atoms with van der Waals surface area (Å²) in [5.41, 5.74) is 4.15. The molecular formula is C21H23N7O4S. The Bertz CT molecular complexity index is 1430. The fraction of sp³-hybridized carbons (Fsp3) is 0.333. The Labute approximate surface area is 190 Å². The average molecular weight is 470 g/mol. The van der Waals surface area contributed by atoms with Crippen LogP contribution in [0.4, 0.5) is 5.69 Å². The second-order valence-corrected chi connectivity index (χ2v) is 9.56. The van der Waals surface area contributed by atoms with Gasteiger partial charge in [0, 0.05) is 24.8 Å². The van der Waals surface area contributed by atoms with Crippen molar-refractivity contribution >= 4 is 32.4 Å². The van der Waals surface area contributed by atoms with Crippen molar-refractivity contribution in [1.82, 2.24) is 29.5 Å². The Morgan fingerprint density at radius 1 is 1.09 bits per heavy atom. The lowest BCUT2D eigenvalue weighted by Gasteiger charge is -2.25. The maximum atomic E-state index is 11.8. The third kappa shape index (κ3) is 4.45. The van der Waals surface area contributed by atoms with Crippen molar-refractivity contribution in [2.75, 3.05) is 44.4 Å². The number of ether oxygens (including phenoxy) is 2. The molecule has 1 aliphatic heterocycles. The zero-order valence-corrected chi connectivity index (χ0v) is 19.0. The summed E-state index contributed by atoms with van der Waals surface area (Å²) in [4.78, 5) is 11.1. The normalized spacial score (nSPS) is 15.2. The zero-order valence-electron chi connectivity index (χ0n) is 18.2. The summed E-state index contributed by atoms with van der Waals surface area (Å²) in [6.45, 7) is 3.75. The SMILES string of the molecule is COc1ncc(-c2ccc3ncc4nnc(CN5CCOCC5)n4c3c2)cc1NS(C)(=O)=O. The van der Waals surface area contributed by atoms with Gasteiger partial charge < -0.3 is 9.47 Å². The van der Waals surface area contributed by atoms with E-state index in [1.54, 1.807) is 18.5 Å². The largest absolute Gasteiger partial charge is 0.480 e. The summed E-state index contributed by atoms with van der Waals surface area (Å²) in [7, 11) is -2.06. The molecule has 12 heteroatoms. The van der Waals surface area contributed by atoms with Crippen LogP contribution in [0.2, 0.25) is 0 Å². The van der Waals surface area contributed by atoms with Crippen LogP contribution in [0, 0.1) is 0 Å². The fourth-order valence-corrected chi connectivity index (χ4v) is 4.45. The molecule has 0 amide bonds. The molecule has 0 bridgehead atoms. The predicted octanol–water partition coefficient (Wildman–Crippen LogP) is 1.55. The lowest BCUT2D eigenvalue weighted by molar-refractivity contribution is 0.0329. The number of nitrogens with zero attached hydrogens (tertiary/aromatic N) is 6. The highest BCUT2D eigenvalue weighted by molar-refractivity contribution is 7.92. The van der Waals surface area contributed by atoms with Crippen molar-refractivity contribution < 1.29 is 17.9 Å². The van der Waals surface area contributed by atoms with Gasteiger partial charge in [-0.2, -0.15) is 0 Å². The van der Waals surface area contributed by atoms with Crippen molar-refractivity contribution in [2.45, 2.75) is 6.54 Å². The van der Waals surface area contributed by atoms with Crippen LogP contribution in [0.1, 0.15) is 5.82 Å². The van der Waals surface area contributed by atoms with Gasteiger partial charge in [0.2, 0.25) is 15.9 Å². The van der Waals surface area contributed by atoms with E-state index >= 15 is 0 Å². The molecule has 1 saturated heterocycles. The molecule has 0 radical (unpaired) electrons. The molecule has 33 heavy (non-hydrogen) atoms. The van der Waals surface area contributed by atoms with E-state index in [0.717, 1.165) is 47.3 Å². The van der Waals surface area contributed by atoms with Gasteiger partial charge in [-0.05, 0) is 23.8 Å². The highest BCUT2D eigenvalue weighted by Crippen LogP contribution is 2.30. The standard InChI is InChI=1S/C21H23N7O4S/c1-31-21-17(26-33(2,29)30)9-15(11-23-21)14-3-4-16-18(10-14)28-19(12-22-16)24-25-20(28)13-27-5-7-32-8-6-27/h3-4,9-12,26H,5-8,13H2,1-2H3. The van der Waals surface area contributed by atoms with Gasteiger partial charge in [-0.25, -0.2) is 13.4 Å². The van der Waals surface area contributed by atoms with E-state index in [1.165, 1.54) is 7.11 Å². The summed E-state index contributed by atoms with van der Waals surface area (Å²) < 4.78 is 38.7. The Hall–Kier alpha value is -3.35. The highest BCUT2D eigenvalue weighted by atomic mass is 32.2. The maximum absolute atomic E-state index is 11.8. The number of morpholine rings is 1. The Balaban J connectivity index is 1.59. The van der Waals surface area contributed by atoms with Crippen LogP contribution < -0.4 is 9.46 Å². The molecule has 1 aromatic carbocycles. The Kier molecular flexibility index (Phi) is 5.56. The first-order valence-electron chi connectivity index (χ1n) is 10.4. The van der Waals surface area contributed by atoms with E-state index in [9.17, 15) is 8.42 Å². The van der Waals surface area contributed by atoms with Crippen LogP contribution in [0.25, 0.3) is 27.8 Å². The van der Waals surface area contributed by atoms with Crippen molar-refractivity contribution in [2.24, 2.45) is 0 Å². The molecule has 5 rings (SSSR count). The topological polar surface area (TPSA) is 124 Å². The van der Waals surface area contributed by atoms with Crippen molar-refractivity contribution in [3.63, 3.8) is 0 Å². The van der Waals surface area contributed by atoms with Gasteiger partial charge >= 0.3 is 0 Å². The maximum Gasteiger partial charge on any atom is 0.238 e. The van der Waals surface area contributed by atoms with E-state index in [-0.39, 0.29) is 11.6 Å².